The van der Waals surface area contributed by atoms with Crippen molar-refractivity contribution in [2.75, 3.05) is 19.6 Å². The molecule has 2 aromatic carbocycles. The van der Waals surface area contributed by atoms with Gasteiger partial charge in [0, 0.05) is 43.3 Å². The average molecular weight is 433 g/mol. The van der Waals surface area contributed by atoms with Gasteiger partial charge < -0.3 is 9.47 Å². The van der Waals surface area contributed by atoms with E-state index in [9.17, 15) is 9.18 Å². The lowest BCUT2D eigenvalue weighted by Gasteiger charge is -2.50. The number of imidazole rings is 1. The molecule has 1 atom stereocenters. The molecule has 1 unspecified atom stereocenters. The smallest absolute Gasteiger partial charge is 0.254 e. The zero-order valence-electron chi connectivity index (χ0n) is 18.7. The van der Waals surface area contributed by atoms with Crippen LogP contribution in [0.1, 0.15) is 42.7 Å². The van der Waals surface area contributed by atoms with Crippen molar-refractivity contribution >= 4 is 5.91 Å². The van der Waals surface area contributed by atoms with E-state index in [0.29, 0.717) is 24.7 Å². The van der Waals surface area contributed by atoms with Gasteiger partial charge in [0.15, 0.2) is 0 Å². The van der Waals surface area contributed by atoms with Crippen molar-refractivity contribution in [3.63, 3.8) is 0 Å². The Balaban J connectivity index is 1.53. The minimum Gasteiger partial charge on any atom is -0.336 e. The minimum atomic E-state index is -0.379. The van der Waals surface area contributed by atoms with E-state index < -0.39 is 0 Å². The van der Waals surface area contributed by atoms with Crippen LogP contribution in [0.5, 0.6) is 0 Å². The number of aromatic nitrogens is 2. The molecule has 5 rings (SSSR count). The van der Waals surface area contributed by atoms with Crippen LogP contribution in [0.25, 0.3) is 11.3 Å². The molecule has 2 aliphatic rings. The quantitative estimate of drug-likeness (QED) is 0.610. The Morgan fingerprint density at radius 2 is 1.91 bits per heavy atom. The molecule has 166 valence electrons. The Hall–Kier alpha value is -2.99. The van der Waals surface area contributed by atoms with Gasteiger partial charge in [0.25, 0.3) is 5.91 Å². The van der Waals surface area contributed by atoms with Gasteiger partial charge in [-0.3, -0.25) is 9.69 Å². The molecule has 3 heterocycles. The fourth-order valence-corrected chi connectivity index (χ4v) is 5.25. The fraction of sp³-hybridized carbons (Fsp3) is 0.385. The maximum Gasteiger partial charge on any atom is 0.254 e. The number of rotatable bonds is 3. The van der Waals surface area contributed by atoms with E-state index in [2.05, 4.69) is 35.4 Å². The van der Waals surface area contributed by atoms with E-state index in [1.807, 2.05) is 29.4 Å². The third kappa shape index (κ3) is 3.62. The van der Waals surface area contributed by atoms with Crippen LogP contribution in [-0.2, 0) is 12.1 Å². The summed E-state index contributed by atoms with van der Waals surface area (Å²) in [6.07, 6.45) is 3.86. The molecule has 1 spiro atoms. The predicted octanol–water partition coefficient (Wildman–Crippen LogP) is 4.54. The van der Waals surface area contributed by atoms with Gasteiger partial charge in [-0.25, -0.2) is 9.37 Å². The normalized spacial score (nSPS) is 21.2. The standard InChI is InChI=1S/C26H29FN4O/c1-19(2)30-15-23-24(20-8-4-3-5-9-20)28-18-31(23)26(17-30)12-7-13-29(16-26)25(32)21-10-6-11-22(27)14-21/h3-6,8-11,14,18-19H,7,12-13,15-17H2,1-2H3. The fourth-order valence-electron chi connectivity index (χ4n) is 5.25. The van der Waals surface area contributed by atoms with E-state index in [1.54, 1.807) is 12.1 Å². The Kier molecular flexibility index (Phi) is 5.33. The van der Waals surface area contributed by atoms with Crippen LogP contribution >= 0.6 is 0 Å². The van der Waals surface area contributed by atoms with Gasteiger partial charge >= 0.3 is 0 Å². The van der Waals surface area contributed by atoms with Crippen LogP contribution in [-0.4, -0.2) is 50.9 Å². The van der Waals surface area contributed by atoms with Gasteiger partial charge in [0.2, 0.25) is 0 Å². The summed E-state index contributed by atoms with van der Waals surface area (Å²) in [5.74, 6) is -0.481. The maximum absolute atomic E-state index is 13.8. The number of halogens is 1. The van der Waals surface area contributed by atoms with Crippen molar-refractivity contribution in [3.8, 4) is 11.3 Å². The second-order valence-electron chi connectivity index (χ2n) is 9.34. The third-order valence-electron chi connectivity index (χ3n) is 6.92. The van der Waals surface area contributed by atoms with E-state index >= 15 is 0 Å². The van der Waals surface area contributed by atoms with Gasteiger partial charge in [-0.2, -0.15) is 0 Å². The number of carbonyl (C=O) groups is 1. The summed E-state index contributed by atoms with van der Waals surface area (Å²) in [7, 11) is 0. The molecule has 5 nitrogen and oxygen atoms in total. The van der Waals surface area contributed by atoms with Crippen molar-refractivity contribution in [1.29, 1.82) is 0 Å². The second-order valence-corrected chi connectivity index (χ2v) is 9.34. The molecule has 1 amide bonds. The topological polar surface area (TPSA) is 41.4 Å². The highest BCUT2D eigenvalue weighted by atomic mass is 19.1. The van der Waals surface area contributed by atoms with Crippen molar-refractivity contribution in [2.45, 2.75) is 44.8 Å². The maximum atomic E-state index is 13.8. The highest BCUT2D eigenvalue weighted by Gasteiger charge is 2.45. The van der Waals surface area contributed by atoms with E-state index in [1.165, 1.54) is 17.8 Å². The van der Waals surface area contributed by atoms with E-state index in [0.717, 1.165) is 37.2 Å². The summed E-state index contributed by atoms with van der Waals surface area (Å²) in [6.45, 7) is 7.44. The number of benzene rings is 2. The SMILES string of the molecule is CC(C)N1Cc2c(-c3ccccc3)ncn2C2(CCCN(C(=O)c3cccc(F)c3)C2)C1. The van der Waals surface area contributed by atoms with Crippen molar-refractivity contribution in [1.82, 2.24) is 19.4 Å². The van der Waals surface area contributed by atoms with Crippen molar-refractivity contribution < 1.29 is 9.18 Å². The molecule has 6 heteroatoms. The first-order valence-corrected chi connectivity index (χ1v) is 11.4. The highest BCUT2D eigenvalue weighted by Crippen LogP contribution is 2.39. The molecule has 0 saturated carbocycles. The Morgan fingerprint density at radius 1 is 1.09 bits per heavy atom. The zero-order chi connectivity index (χ0) is 22.3. The van der Waals surface area contributed by atoms with Crippen LogP contribution in [0.4, 0.5) is 4.39 Å². The van der Waals surface area contributed by atoms with Crippen LogP contribution in [0.2, 0.25) is 0 Å². The number of fused-ring (bicyclic) bond motifs is 2. The number of piperidine rings is 1. The lowest BCUT2D eigenvalue weighted by Crippen LogP contribution is -2.60. The Bertz CT molecular complexity index is 1130. The predicted molar refractivity (Wildman–Crippen MR) is 123 cm³/mol. The monoisotopic (exact) mass is 432 g/mol. The summed E-state index contributed by atoms with van der Waals surface area (Å²) in [6, 6.07) is 16.7. The van der Waals surface area contributed by atoms with Crippen LogP contribution in [0, 0.1) is 5.82 Å². The van der Waals surface area contributed by atoms with Crippen molar-refractivity contribution in [2.24, 2.45) is 0 Å². The summed E-state index contributed by atoms with van der Waals surface area (Å²) < 4.78 is 16.1. The lowest BCUT2D eigenvalue weighted by molar-refractivity contribution is 0.0179. The van der Waals surface area contributed by atoms with E-state index in [-0.39, 0.29) is 17.3 Å². The number of nitrogens with zero attached hydrogens (tertiary/aromatic N) is 4. The largest absolute Gasteiger partial charge is 0.336 e. The third-order valence-corrected chi connectivity index (χ3v) is 6.92. The van der Waals surface area contributed by atoms with Gasteiger partial charge in [-0.1, -0.05) is 36.4 Å². The molecule has 32 heavy (non-hydrogen) atoms. The Labute approximate surface area is 188 Å². The first-order chi connectivity index (χ1) is 15.5. The lowest BCUT2D eigenvalue weighted by atomic mass is 9.85. The van der Waals surface area contributed by atoms with Crippen LogP contribution < -0.4 is 0 Å². The van der Waals surface area contributed by atoms with Gasteiger partial charge in [-0.05, 0) is 44.9 Å². The molecule has 0 radical (unpaired) electrons. The molecule has 0 bridgehead atoms. The molecule has 0 aliphatic carbocycles. The zero-order valence-corrected chi connectivity index (χ0v) is 18.7. The number of hydrogen-bond acceptors (Lipinski definition) is 3. The molecule has 1 aromatic heterocycles. The number of amides is 1. The summed E-state index contributed by atoms with van der Waals surface area (Å²) in [5, 5.41) is 0. The van der Waals surface area contributed by atoms with Gasteiger partial charge in [-0.15, -0.1) is 0 Å². The average Bonchev–Trinajstić information content (AvgIpc) is 3.24. The molecule has 1 fully saturated rings. The van der Waals surface area contributed by atoms with Crippen molar-refractivity contribution in [3.05, 3.63) is 78.0 Å². The first-order valence-electron chi connectivity index (χ1n) is 11.4. The molecule has 2 aliphatic heterocycles. The highest BCUT2D eigenvalue weighted by molar-refractivity contribution is 5.94. The molecule has 1 saturated heterocycles. The minimum absolute atomic E-state index is 0.102. The Morgan fingerprint density at radius 3 is 2.66 bits per heavy atom. The second kappa shape index (κ2) is 8.17. The molecular formula is C26H29FN4O. The van der Waals surface area contributed by atoms with Crippen LogP contribution in [0.15, 0.2) is 60.9 Å². The van der Waals surface area contributed by atoms with Crippen LogP contribution in [0.3, 0.4) is 0 Å². The summed E-state index contributed by atoms with van der Waals surface area (Å²) in [5.41, 5.74) is 3.51. The number of hydrogen-bond donors (Lipinski definition) is 0. The van der Waals surface area contributed by atoms with Gasteiger partial charge in [0.05, 0.1) is 23.3 Å². The molecule has 3 aromatic rings. The summed E-state index contributed by atoms with van der Waals surface area (Å²) in [4.78, 5) is 22.5. The van der Waals surface area contributed by atoms with Gasteiger partial charge in [0.1, 0.15) is 5.82 Å². The summed E-state index contributed by atoms with van der Waals surface area (Å²) >= 11 is 0. The molecule has 0 N–H and O–H groups in total. The first kappa shape index (κ1) is 20.9. The van der Waals surface area contributed by atoms with E-state index in [4.69, 9.17) is 4.98 Å². The molecular weight excluding hydrogens is 403 g/mol. The number of likely N-dealkylation sites (tertiary alicyclic amines) is 1. The number of carbonyl (C=O) groups excluding carboxylic acids is 1.